The van der Waals surface area contributed by atoms with E-state index in [9.17, 15) is 8.78 Å². The summed E-state index contributed by atoms with van der Waals surface area (Å²) in [4.78, 5) is 3.59. The fourth-order valence-corrected chi connectivity index (χ4v) is 1.29. The third-order valence-electron chi connectivity index (χ3n) is 1.49. The van der Waals surface area contributed by atoms with Crippen molar-refractivity contribution in [3.8, 4) is 0 Å². The van der Waals surface area contributed by atoms with Crippen LogP contribution in [0.2, 0.25) is 0 Å². The van der Waals surface area contributed by atoms with Crippen molar-refractivity contribution >= 4 is 28.3 Å². The fraction of sp³-hybridized carbons (Fsp3) is 0.286. The molecule has 0 unspecified atom stereocenters. The second-order valence-corrected chi connectivity index (χ2v) is 3.39. The molecule has 1 aromatic rings. The lowest BCUT2D eigenvalue weighted by molar-refractivity contribution is 0.141. The number of hydrogen-bond donors (Lipinski definition) is 2. The van der Waals surface area contributed by atoms with Crippen molar-refractivity contribution in [3.63, 3.8) is 0 Å². The molecule has 13 heavy (non-hydrogen) atoms. The van der Waals surface area contributed by atoms with Gasteiger partial charge in [-0.3, -0.25) is 0 Å². The van der Waals surface area contributed by atoms with E-state index in [4.69, 9.17) is 10.8 Å². The number of aliphatic hydroxyl groups is 1. The van der Waals surface area contributed by atoms with Crippen LogP contribution < -0.4 is 5.73 Å². The minimum atomic E-state index is -2.68. The van der Waals surface area contributed by atoms with E-state index < -0.39 is 18.7 Å². The van der Waals surface area contributed by atoms with Crippen LogP contribution in [0.15, 0.2) is 6.07 Å². The van der Waals surface area contributed by atoms with E-state index in [-0.39, 0.29) is 5.56 Å². The average Bonchev–Trinajstić information content (AvgIpc) is 2.08. The smallest absolute Gasteiger partial charge is 0.280 e. The van der Waals surface area contributed by atoms with Gasteiger partial charge in [0, 0.05) is 5.56 Å². The lowest BCUT2D eigenvalue weighted by Crippen LogP contribution is -2.03. The molecule has 0 amide bonds. The van der Waals surface area contributed by atoms with Crippen molar-refractivity contribution in [2.75, 3.05) is 5.73 Å². The van der Waals surface area contributed by atoms with Gasteiger partial charge in [-0.05, 0) is 28.7 Å². The van der Waals surface area contributed by atoms with Gasteiger partial charge in [-0.1, -0.05) is 0 Å². The van der Waals surface area contributed by atoms with Crippen LogP contribution in [-0.4, -0.2) is 10.1 Å². The predicted molar refractivity (Wildman–Crippen MR) is 52.2 cm³/mol. The summed E-state index contributed by atoms with van der Waals surface area (Å²) in [5.41, 5.74) is 5.41. The molecule has 72 valence electrons. The molecule has 1 heterocycles. The fourth-order valence-electron chi connectivity index (χ4n) is 0.879. The first-order chi connectivity index (χ1) is 6.06. The van der Waals surface area contributed by atoms with Crippen LogP contribution in [0, 0.1) is 3.70 Å². The second-order valence-electron chi connectivity index (χ2n) is 2.37. The molecule has 0 aliphatic heterocycles. The predicted octanol–water partition coefficient (Wildman–Crippen LogP) is 1.70. The Morgan fingerprint density at radius 3 is 2.69 bits per heavy atom. The van der Waals surface area contributed by atoms with Gasteiger partial charge in [0.05, 0.1) is 12.3 Å². The number of anilines is 1. The lowest BCUT2D eigenvalue weighted by Gasteiger charge is -2.07. The lowest BCUT2D eigenvalue weighted by atomic mass is 10.2. The number of rotatable bonds is 2. The van der Waals surface area contributed by atoms with E-state index in [2.05, 4.69) is 4.98 Å². The van der Waals surface area contributed by atoms with E-state index in [0.29, 0.717) is 9.39 Å². The summed E-state index contributed by atoms with van der Waals surface area (Å²) in [5, 5.41) is 8.75. The highest BCUT2D eigenvalue weighted by molar-refractivity contribution is 14.1. The SMILES string of the molecule is Nc1cc(CO)c(C(F)F)nc1I. The molecule has 6 heteroatoms. The Morgan fingerprint density at radius 1 is 1.62 bits per heavy atom. The molecular formula is C7H7F2IN2O. The molecule has 0 bridgehead atoms. The zero-order valence-corrected chi connectivity index (χ0v) is 8.62. The van der Waals surface area contributed by atoms with Crippen LogP contribution in [0.5, 0.6) is 0 Å². The quantitative estimate of drug-likeness (QED) is 0.645. The molecule has 1 rings (SSSR count). The number of alkyl halides is 2. The van der Waals surface area contributed by atoms with Gasteiger partial charge in [0.15, 0.2) is 0 Å². The summed E-state index contributed by atoms with van der Waals surface area (Å²) in [6.45, 7) is -0.478. The van der Waals surface area contributed by atoms with E-state index in [1.165, 1.54) is 6.07 Å². The van der Waals surface area contributed by atoms with Gasteiger partial charge in [0.25, 0.3) is 6.43 Å². The normalized spacial score (nSPS) is 10.8. The molecular weight excluding hydrogens is 293 g/mol. The van der Waals surface area contributed by atoms with Gasteiger partial charge in [-0.2, -0.15) is 0 Å². The molecule has 0 aromatic carbocycles. The zero-order valence-electron chi connectivity index (χ0n) is 6.47. The standard InChI is InChI=1S/C7H7F2IN2O/c8-6(9)5-3(2-13)1-4(11)7(10)12-5/h1,6,13H,2,11H2. The van der Waals surface area contributed by atoms with Crippen molar-refractivity contribution in [3.05, 3.63) is 21.0 Å². The Kier molecular flexibility index (Phi) is 3.37. The Balaban J connectivity index is 3.25. The second kappa shape index (κ2) is 4.14. The van der Waals surface area contributed by atoms with Crippen molar-refractivity contribution in [2.24, 2.45) is 0 Å². The maximum atomic E-state index is 12.3. The Bertz CT molecular complexity index is 320. The molecule has 0 saturated carbocycles. The van der Waals surface area contributed by atoms with Gasteiger partial charge in [-0.15, -0.1) is 0 Å². The molecule has 3 nitrogen and oxygen atoms in total. The molecule has 0 saturated heterocycles. The maximum absolute atomic E-state index is 12.3. The van der Waals surface area contributed by atoms with E-state index in [1.54, 1.807) is 22.6 Å². The number of nitrogen functional groups attached to an aromatic ring is 1. The van der Waals surface area contributed by atoms with Gasteiger partial charge >= 0.3 is 0 Å². The van der Waals surface area contributed by atoms with Gasteiger partial charge in [0.2, 0.25) is 0 Å². The number of pyridine rings is 1. The van der Waals surface area contributed by atoms with Crippen molar-refractivity contribution in [2.45, 2.75) is 13.0 Å². The molecule has 3 N–H and O–H groups in total. The summed E-state index contributed by atoms with van der Waals surface area (Å²) in [7, 11) is 0. The molecule has 1 aromatic heterocycles. The van der Waals surface area contributed by atoms with Gasteiger partial charge < -0.3 is 10.8 Å². The summed E-state index contributed by atoms with van der Waals surface area (Å²) >= 11 is 1.77. The van der Waals surface area contributed by atoms with E-state index in [1.807, 2.05) is 0 Å². The van der Waals surface area contributed by atoms with Crippen LogP contribution in [0.4, 0.5) is 14.5 Å². The van der Waals surface area contributed by atoms with Crippen LogP contribution in [-0.2, 0) is 6.61 Å². The average molecular weight is 300 g/mol. The molecule has 0 radical (unpaired) electrons. The van der Waals surface area contributed by atoms with Crippen LogP contribution in [0.1, 0.15) is 17.7 Å². The van der Waals surface area contributed by atoms with Crippen LogP contribution in [0.3, 0.4) is 0 Å². The highest BCUT2D eigenvalue weighted by atomic mass is 127. The summed E-state index contributed by atoms with van der Waals surface area (Å²) in [5.74, 6) is 0. The minimum absolute atomic E-state index is 0.0768. The van der Waals surface area contributed by atoms with Crippen molar-refractivity contribution in [1.82, 2.24) is 4.98 Å². The highest BCUT2D eigenvalue weighted by Gasteiger charge is 2.16. The molecule has 0 spiro atoms. The third kappa shape index (κ3) is 2.25. The molecule has 0 aliphatic carbocycles. The number of nitrogens with two attached hydrogens (primary N) is 1. The minimum Gasteiger partial charge on any atom is -0.397 e. The molecule has 0 aliphatic rings. The summed E-state index contributed by atoms with van der Waals surface area (Å²) in [6, 6.07) is 1.32. The molecule has 0 atom stereocenters. The molecule has 0 fully saturated rings. The maximum Gasteiger partial charge on any atom is 0.280 e. The Morgan fingerprint density at radius 2 is 2.23 bits per heavy atom. The Hall–Kier alpha value is -0.500. The number of aromatic nitrogens is 1. The van der Waals surface area contributed by atoms with Crippen molar-refractivity contribution in [1.29, 1.82) is 0 Å². The first-order valence-corrected chi connectivity index (χ1v) is 4.48. The summed E-state index contributed by atoms with van der Waals surface area (Å²) in [6.07, 6.45) is -2.68. The first-order valence-electron chi connectivity index (χ1n) is 3.40. The van der Waals surface area contributed by atoms with Crippen LogP contribution >= 0.6 is 22.6 Å². The Labute approximate surface area is 87.1 Å². The number of aliphatic hydroxyl groups excluding tert-OH is 1. The zero-order chi connectivity index (χ0) is 10.0. The van der Waals surface area contributed by atoms with E-state index >= 15 is 0 Å². The summed E-state index contributed by atoms with van der Waals surface area (Å²) < 4.78 is 24.9. The number of halogens is 3. The highest BCUT2D eigenvalue weighted by Crippen LogP contribution is 2.25. The van der Waals surface area contributed by atoms with Crippen molar-refractivity contribution < 1.29 is 13.9 Å². The number of hydrogen-bond acceptors (Lipinski definition) is 3. The van der Waals surface area contributed by atoms with Gasteiger partial charge in [0.1, 0.15) is 9.39 Å². The largest absolute Gasteiger partial charge is 0.397 e. The first kappa shape index (κ1) is 10.6. The van der Waals surface area contributed by atoms with Gasteiger partial charge in [-0.25, -0.2) is 13.8 Å². The van der Waals surface area contributed by atoms with E-state index in [0.717, 1.165) is 0 Å². The third-order valence-corrected chi connectivity index (χ3v) is 2.36. The topological polar surface area (TPSA) is 59.1 Å². The van der Waals surface area contributed by atoms with Crippen LogP contribution in [0.25, 0.3) is 0 Å². The number of nitrogens with zero attached hydrogens (tertiary/aromatic N) is 1. The monoisotopic (exact) mass is 300 g/mol.